The van der Waals surface area contributed by atoms with Gasteiger partial charge in [-0.25, -0.2) is 9.55 Å². The van der Waals surface area contributed by atoms with Crippen molar-refractivity contribution in [3.8, 4) is 0 Å². The van der Waals surface area contributed by atoms with Crippen LogP contribution in [-0.2, 0) is 0 Å². The third kappa shape index (κ3) is 15.0. The van der Waals surface area contributed by atoms with Gasteiger partial charge in [0.15, 0.2) is 0 Å². The molecule has 1 aromatic heterocycles. The third-order valence-electron chi connectivity index (χ3n) is 5.07. The second-order valence-corrected chi connectivity index (χ2v) is 7.54. The van der Waals surface area contributed by atoms with Crippen molar-refractivity contribution >= 4 is 6.20 Å². The normalized spacial score (nSPS) is 11.6. The number of H-pyrrole nitrogens is 1. The zero-order chi connectivity index (χ0) is 17.8. The highest BCUT2D eigenvalue weighted by Crippen LogP contribution is 2.14. The van der Waals surface area contributed by atoms with E-state index in [1.165, 1.54) is 109 Å². The van der Waals surface area contributed by atoms with Gasteiger partial charge in [0.1, 0.15) is 12.4 Å². The van der Waals surface area contributed by atoms with Crippen molar-refractivity contribution in [3.05, 3.63) is 24.8 Å². The molecule has 0 fully saturated rings. The summed E-state index contributed by atoms with van der Waals surface area (Å²) in [5.74, 6) is 0. The Bertz CT molecular complexity index is 381. The Labute approximate surface area is 157 Å². The minimum Gasteiger partial charge on any atom is -0.250 e. The standard InChI is InChI=1S/C23H42N2/c1-2-3-4-5-6-7-8-9-10-11-12-13-14-15-16-17-18-19-21-25-22-20-24-23-25/h19-23H,2-18H2,1H3/p+1. The quantitative estimate of drug-likeness (QED) is 0.210. The average molecular weight is 348 g/mol. The van der Waals surface area contributed by atoms with E-state index in [9.17, 15) is 0 Å². The van der Waals surface area contributed by atoms with Crippen LogP contribution in [0, 0.1) is 0 Å². The molecule has 2 heteroatoms. The number of nitrogens with zero attached hydrogens (tertiary/aromatic N) is 1. The van der Waals surface area contributed by atoms with Crippen LogP contribution in [0.3, 0.4) is 0 Å². The Morgan fingerprint density at radius 1 is 0.680 bits per heavy atom. The summed E-state index contributed by atoms with van der Waals surface area (Å²) in [5, 5.41) is 0. The molecule has 1 N–H and O–H groups in total. The second kappa shape index (κ2) is 17.8. The van der Waals surface area contributed by atoms with E-state index in [1.54, 1.807) is 0 Å². The molecule has 0 saturated carbocycles. The summed E-state index contributed by atoms with van der Waals surface area (Å²) in [7, 11) is 0. The lowest BCUT2D eigenvalue weighted by Gasteiger charge is -2.03. The monoisotopic (exact) mass is 347 g/mol. The molecule has 1 heterocycles. The fourth-order valence-electron chi connectivity index (χ4n) is 3.40. The van der Waals surface area contributed by atoms with Crippen LogP contribution in [0.25, 0.3) is 6.20 Å². The summed E-state index contributed by atoms with van der Waals surface area (Å²) in [6, 6.07) is 0. The van der Waals surface area contributed by atoms with E-state index < -0.39 is 0 Å². The van der Waals surface area contributed by atoms with Gasteiger partial charge in [-0.2, -0.15) is 0 Å². The van der Waals surface area contributed by atoms with E-state index in [0.29, 0.717) is 0 Å². The van der Waals surface area contributed by atoms with E-state index >= 15 is 0 Å². The molecule has 0 spiro atoms. The first kappa shape index (κ1) is 22.0. The van der Waals surface area contributed by atoms with E-state index in [1.807, 2.05) is 18.7 Å². The molecule has 0 radical (unpaired) electrons. The Balaban J connectivity index is 1.69. The van der Waals surface area contributed by atoms with Gasteiger partial charge in [0.05, 0.1) is 6.20 Å². The SMILES string of the molecule is CCCCCCCCCCCCCCCCCCC=C[n+]1cc[nH]c1. The lowest BCUT2D eigenvalue weighted by molar-refractivity contribution is -0.566. The Hall–Kier alpha value is -1.05. The number of hydrogen-bond acceptors (Lipinski definition) is 0. The number of allylic oxidation sites excluding steroid dienone is 1. The molecule has 2 nitrogen and oxygen atoms in total. The Morgan fingerprint density at radius 2 is 1.16 bits per heavy atom. The maximum Gasteiger partial charge on any atom is 0.246 e. The first-order valence-electron chi connectivity index (χ1n) is 11.1. The number of rotatable bonds is 18. The van der Waals surface area contributed by atoms with Crippen molar-refractivity contribution in [1.82, 2.24) is 4.98 Å². The highest BCUT2D eigenvalue weighted by atomic mass is 15.0. The molecule has 0 unspecified atom stereocenters. The largest absolute Gasteiger partial charge is 0.250 e. The number of aromatic amines is 1. The topological polar surface area (TPSA) is 19.7 Å². The molecule has 1 rings (SSSR count). The highest BCUT2D eigenvalue weighted by Gasteiger charge is 1.94. The lowest BCUT2D eigenvalue weighted by atomic mass is 10.0. The van der Waals surface area contributed by atoms with Crippen molar-refractivity contribution in [2.24, 2.45) is 0 Å². The van der Waals surface area contributed by atoms with E-state index in [4.69, 9.17) is 0 Å². The predicted molar refractivity (Wildman–Crippen MR) is 110 cm³/mol. The van der Waals surface area contributed by atoms with Gasteiger partial charge >= 0.3 is 0 Å². The highest BCUT2D eigenvalue weighted by molar-refractivity contribution is 5.04. The molecule has 0 bridgehead atoms. The number of unbranched alkanes of at least 4 members (excludes halogenated alkanes) is 16. The molecule has 144 valence electrons. The van der Waals surface area contributed by atoms with Crippen molar-refractivity contribution < 1.29 is 4.57 Å². The van der Waals surface area contributed by atoms with E-state index in [0.717, 1.165) is 0 Å². The lowest BCUT2D eigenvalue weighted by Crippen LogP contribution is -2.20. The summed E-state index contributed by atoms with van der Waals surface area (Å²) in [5.41, 5.74) is 0. The van der Waals surface area contributed by atoms with E-state index in [-0.39, 0.29) is 0 Å². The van der Waals surface area contributed by atoms with Crippen LogP contribution < -0.4 is 4.57 Å². The van der Waals surface area contributed by atoms with Gasteiger partial charge in [-0.1, -0.05) is 103 Å². The first-order valence-corrected chi connectivity index (χ1v) is 11.1. The first-order chi connectivity index (χ1) is 12.4. The molecule has 1 aromatic rings. The summed E-state index contributed by atoms with van der Waals surface area (Å²) < 4.78 is 2.06. The Kier molecular flexibility index (Phi) is 15.6. The maximum absolute atomic E-state index is 3.05. The average Bonchev–Trinajstić information content (AvgIpc) is 3.14. The van der Waals surface area contributed by atoms with Crippen LogP contribution in [0.1, 0.15) is 116 Å². The van der Waals surface area contributed by atoms with Crippen LogP contribution >= 0.6 is 0 Å². The summed E-state index contributed by atoms with van der Waals surface area (Å²) >= 11 is 0. The van der Waals surface area contributed by atoms with Gasteiger partial charge < -0.3 is 0 Å². The smallest absolute Gasteiger partial charge is 0.246 e. The molecule has 25 heavy (non-hydrogen) atoms. The summed E-state index contributed by atoms with van der Waals surface area (Å²) in [4.78, 5) is 3.05. The van der Waals surface area contributed by atoms with Crippen LogP contribution in [0.5, 0.6) is 0 Å². The van der Waals surface area contributed by atoms with Gasteiger partial charge in [0.2, 0.25) is 6.33 Å². The van der Waals surface area contributed by atoms with Crippen molar-refractivity contribution in [3.63, 3.8) is 0 Å². The van der Waals surface area contributed by atoms with Gasteiger partial charge in [-0.3, -0.25) is 0 Å². The molecule has 0 amide bonds. The molecule has 0 aromatic carbocycles. The second-order valence-electron chi connectivity index (χ2n) is 7.54. The fraction of sp³-hybridized carbons (Fsp3) is 0.783. The van der Waals surface area contributed by atoms with E-state index in [2.05, 4.69) is 28.8 Å². The molecule has 0 saturated heterocycles. The molecule has 0 aliphatic heterocycles. The molecule has 0 atom stereocenters. The van der Waals surface area contributed by atoms with Crippen molar-refractivity contribution in [2.75, 3.05) is 0 Å². The number of hydrogen-bond donors (Lipinski definition) is 1. The molecule has 0 aliphatic carbocycles. The van der Waals surface area contributed by atoms with Crippen LogP contribution in [0.2, 0.25) is 0 Å². The number of aromatic nitrogens is 2. The predicted octanol–water partition coefficient (Wildman–Crippen LogP) is 7.42. The van der Waals surface area contributed by atoms with Crippen LogP contribution in [-0.4, -0.2) is 4.98 Å². The Morgan fingerprint density at radius 3 is 1.60 bits per heavy atom. The summed E-state index contributed by atoms with van der Waals surface area (Å²) in [6.07, 6.45) is 34.6. The van der Waals surface area contributed by atoms with Crippen molar-refractivity contribution in [2.45, 2.75) is 116 Å². The zero-order valence-electron chi connectivity index (χ0n) is 16.9. The van der Waals surface area contributed by atoms with Gasteiger partial charge in [-0.15, -0.1) is 0 Å². The van der Waals surface area contributed by atoms with Crippen LogP contribution in [0.15, 0.2) is 24.8 Å². The maximum atomic E-state index is 3.05. The zero-order valence-corrected chi connectivity index (χ0v) is 16.9. The third-order valence-corrected chi connectivity index (χ3v) is 5.07. The van der Waals surface area contributed by atoms with Crippen molar-refractivity contribution in [1.29, 1.82) is 0 Å². The van der Waals surface area contributed by atoms with Gasteiger partial charge in [0.25, 0.3) is 0 Å². The van der Waals surface area contributed by atoms with Gasteiger partial charge in [0, 0.05) is 0 Å². The fourth-order valence-corrected chi connectivity index (χ4v) is 3.40. The van der Waals surface area contributed by atoms with Gasteiger partial charge in [-0.05, 0) is 18.9 Å². The van der Waals surface area contributed by atoms with Crippen LogP contribution in [0.4, 0.5) is 0 Å². The molecular formula is C23H43N2+. The number of nitrogens with one attached hydrogen (secondary N) is 1. The molecule has 0 aliphatic rings. The summed E-state index contributed by atoms with van der Waals surface area (Å²) in [6.45, 7) is 2.29. The molecular weight excluding hydrogens is 304 g/mol. The minimum absolute atomic E-state index is 1.20. The minimum atomic E-state index is 1.20. The number of imidazole rings is 1.